The Bertz CT molecular complexity index is 741. The van der Waals surface area contributed by atoms with Crippen LogP contribution in [0.3, 0.4) is 0 Å². The molecule has 2 amide bonds. The van der Waals surface area contributed by atoms with Gasteiger partial charge in [-0.2, -0.15) is 0 Å². The molecule has 108 valence electrons. The number of hydrogen-bond donors (Lipinski definition) is 0. The van der Waals surface area contributed by atoms with E-state index in [2.05, 4.69) is 15.9 Å². The van der Waals surface area contributed by atoms with Gasteiger partial charge in [-0.3, -0.25) is 14.5 Å². The minimum Gasteiger partial charge on any atom is -0.331 e. The number of aromatic nitrogens is 1. The van der Waals surface area contributed by atoms with Crippen molar-refractivity contribution in [3.8, 4) is 0 Å². The number of benzene rings is 1. The van der Waals surface area contributed by atoms with Gasteiger partial charge in [0.05, 0.1) is 6.54 Å². The van der Waals surface area contributed by atoms with Gasteiger partial charge in [0.2, 0.25) is 0 Å². The predicted octanol–water partition coefficient (Wildman–Crippen LogP) is 3.13. The summed E-state index contributed by atoms with van der Waals surface area (Å²) in [5.74, 6) is -1.17. The Morgan fingerprint density at radius 2 is 2.05 bits per heavy atom. The van der Waals surface area contributed by atoms with E-state index in [-0.39, 0.29) is 12.5 Å². The average molecular weight is 351 g/mol. The molecule has 6 heteroatoms. The molecule has 0 N–H and O–H groups in total. The molecule has 1 unspecified atom stereocenters. The Morgan fingerprint density at radius 1 is 1.29 bits per heavy atom. The Kier molecular flexibility index (Phi) is 3.41. The molecule has 2 aromatic rings. The van der Waals surface area contributed by atoms with Crippen LogP contribution < -0.4 is 0 Å². The maximum Gasteiger partial charge on any atom is 0.277 e. The molecule has 1 aliphatic heterocycles. The van der Waals surface area contributed by atoms with Crippen LogP contribution in [0.5, 0.6) is 0 Å². The Balaban J connectivity index is 1.96. The van der Waals surface area contributed by atoms with Gasteiger partial charge in [-0.15, -0.1) is 0 Å². The molecule has 21 heavy (non-hydrogen) atoms. The van der Waals surface area contributed by atoms with Crippen LogP contribution in [0, 0.1) is 5.82 Å². The van der Waals surface area contributed by atoms with Crippen LogP contribution in [-0.2, 0) is 11.3 Å². The number of nitrogens with zero attached hydrogens (tertiary/aromatic N) is 2. The smallest absolute Gasteiger partial charge is 0.277 e. The zero-order valence-corrected chi connectivity index (χ0v) is 12.8. The molecule has 0 radical (unpaired) electrons. The fourth-order valence-corrected chi connectivity index (χ4v) is 2.80. The van der Waals surface area contributed by atoms with Crippen molar-refractivity contribution in [1.29, 1.82) is 0 Å². The summed E-state index contributed by atoms with van der Waals surface area (Å²) in [6, 6.07) is 7.49. The monoisotopic (exact) mass is 350 g/mol. The van der Waals surface area contributed by atoms with Crippen LogP contribution in [0.1, 0.15) is 29.0 Å². The van der Waals surface area contributed by atoms with E-state index in [9.17, 15) is 14.0 Å². The molecular weight excluding hydrogens is 339 g/mol. The summed E-state index contributed by atoms with van der Waals surface area (Å²) >= 11 is 3.18. The fourth-order valence-electron chi connectivity index (χ4n) is 2.47. The van der Waals surface area contributed by atoms with Crippen molar-refractivity contribution in [3.05, 3.63) is 58.1 Å². The maximum absolute atomic E-state index is 13.9. The summed E-state index contributed by atoms with van der Waals surface area (Å²) < 4.78 is 16.2. The van der Waals surface area contributed by atoms with E-state index >= 15 is 0 Å². The minimum atomic E-state index is -0.466. The van der Waals surface area contributed by atoms with Gasteiger partial charge in [0.15, 0.2) is 0 Å². The molecule has 1 atom stereocenters. The molecule has 1 aromatic heterocycles. The molecule has 4 nitrogen and oxygen atoms in total. The highest BCUT2D eigenvalue weighted by Crippen LogP contribution is 2.25. The molecule has 1 aromatic carbocycles. The normalized spacial score (nSPS) is 18.0. The number of hydrogen-bond acceptors (Lipinski definition) is 2. The second-order valence-electron chi connectivity index (χ2n) is 4.94. The lowest BCUT2D eigenvalue weighted by molar-refractivity contribution is -0.133. The van der Waals surface area contributed by atoms with Crippen molar-refractivity contribution in [2.45, 2.75) is 19.5 Å². The maximum atomic E-state index is 13.9. The molecular formula is C15H12BrFN2O2. The lowest BCUT2D eigenvalue weighted by Crippen LogP contribution is -2.46. The highest BCUT2D eigenvalue weighted by molar-refractivity contribution is 9.10. The van der Waals surface area contributed by atoms with Gasteiger partial charge in [-0.1, -0.05) is 22.0 Å². The van der Waals surface area contributed by atoms with Crippen molar-refractivity contribution in [2.24, 2.45) is 0 Å². The van der Waals surface area contributed by atoms with Gasteiger partial charge in [-0.05, 0) is 31.2 Å². The molecule has 0 spiro atoms. The Labute approximate surface area is 129 Å². The van der Waals surface area contributed by atoms with Crippen molar-refractivity contribution >= 4 is 27.7 Å². The van der Waals surface area contributed by atoms with Gasteiger partial charge >= 0.3 is 0 Å². The van der Waals surface area contributed by atoms with E-state index in [0.717, 1.165) is 4.90 Å². The highest BCUT2D eigenvalue weighted by Gasteiger charge is 2.36. The zero-order chi connectivity index (χ0) is 15.1. The first kappa shape index (κ1) is 14.0. The minimum absolute atomic E-state index is 0.0632. The molecule has 1 aliphatic rings. The van der Waals surface area contributed by atoms with Gasteiger partial charge < -0.3 is 4.57 Å². The Morgan fingerprint density at radius 3 is 2.76 bits per heavy atom. The third-order valence-corrected chi connectivity index (χ3v) is 4.12. The van der Waals surface area contributed by atoms with Gasteiger partial charge in [0, 0.05) is 16.2 Å². The molecule has 0 fully saturated rings. The molecule has 0 bridgehead atoms. The number of fused-ring (bicyclic) bond motifs is 1. The van der Waals surface area contributed by atoms with Gasteiger partial charge in [0.1, 0.15) is 17.6 Å². The lowest BCUT2D eigenvalue weighted by Gasteiger charge is -2.31. The second-order valence-corrected chi connectivity index (χ2v) is 5.86. The summed E-state index contributed by atoms with van der Waals surface area (Å²) in [7, 11) is 0. The van der Waals surface area contributed by atoms with Crippen LogP contribution in [0.15, 0.2) is 41.0 Å². The zero-order valence-electron chi connectivity index (χ0n) is 11.2. The lowest BCUT2D eigenvalue weighted by atomic mass is 10.1. The average Bonchev–Trinajstić information content (AvgIpc) is 2.93. The largest absolute Gasteiger partial charge is 0.331 e. The van der Waals surface area contributed by atoms with Crippen molar-refractivity contribution < 1.29 is 14.0 Å². The molecule has 3 rings (SSSR count). The number of carbonyl (C=O) groups is 2. The van der Waals surface area contributed by atoms with Crippen LogP contribution in [0.4, 0.5) is 4.39 Å². The van der Waals surface area contributed by atoms with E-state index in [0.29, 0.717) is 15.7 Å². The van der Waals surface area contributed by atoms with Gasteiger partial charge in [0.25, 0.3) is 11.8 Å². The number of halogens is 2. The number of carbonyl (C=O) groups excluding carboxylic acids is 2. The third-order valence-electron chi connectivity index (χ3n) is 3.63. The molecule has 2 heterocycles. The topological polar surface area (TPSA) is 42.3 Å². The SMILES string of the molecule is CC1C(=O)N(Cc2ccc(Br)cc2F)C(=O)c2cccn21. The third kappa shape index (κ3) is 2.29. The quantitative estimate of drug-likeness (QED) is 0.781. The number of amides is 2. The summed E-state index contributed by atoms with van der Waals surface area (Å²) in [5, 5.41) is 0. The first-order valence-corrected chi connectivity index (χ1v) is 7.25. The van der Waals surface area contributed by atoms with E-state index in [1.807, 2.05) is 0 Å². The van der Waals surface area contributed by atoms with Crippen molar-refractivity contribution in [1.82, 2.24) is 9.47 Å². The standard InChI is InChI=1S/C15H12BrFN2O2/c1-9-14(20)19(15(21)13-3-2-6-18(9)13)8-10-4-5-11(16)7-12(10)17/h2-7,9H,8H2,1H3. The summed E-state index contributed by atoms with van der Waals surface area (Å²) in [6.07, 6.45) is 1.70. The van der Waals surface area contributed by atoms with Crippen LogP contribution >= 0.6 is 15.9 Å². The van der Waals surface area contributed by atoms with E-state index < -0.39 is 17.8 Å². The van der Waals surface area contributed by atoms with Crippen molar-refractivity contribution in [2.75, 3.05) is 0 Å². The van der Waals surface area contributed by atoms with Crippen LogP contribution in [0.25, 0.3) is 0 Å². The van der Waals surface area contributed by atoms with E-state index in [1.54, 1.807) is 42.0 Å². The van der Waals surface area contributed by atoms with Crippen LogP contribution in [-0.4, -0.2) is 21.3 Å². The summed E-state index contributed by atoms with van der Waals surface area (Å²) in [5.41, 5.74) is 0.756. The summed E-state index contributed by atoms with van der Waals surface area (Å²) in [4.78, 5) is 25.8. The van der Waals surface area contributed by atoms with E-state index in [4.69, 9.17) is 0 Å². The summed E-state index contributed by atoms with van der Waals surface area (Å²) in [6.45, 7) is 1.66. The van der Waals surface area contributed by atoms with Crippen LogP contribution in [0.2, 0.25) is 0 Å². The number of rotatable bonds is 2. The molecule has 0 aliphatic carbocycles. The first-order valence-electron chi connectivity index (χ1n) is 6.45. The molecule has 0 saturated heterocycles. The first-order chi connectivity index (χ1) is 9.99. The Hall–Kier alpha value is -1.95. The number of imide groups is 1. The highest BCUT2D eigenvalue weighted by atomic mass is 79.9. The van der Waals surface area contributed by atoms with Crippen molar-refractivity contribution in [3.63, 3.8) is 0 Å². The van der Waals surface area contributed by atoms with E-state index in [1.165, 1.54) is 6.07 Å². The predicted molar refractivity (Wildman–Crippen MR) is 78.1 cm³/mol. The fraction of sp³-hybridized carbons (Fsp3) is 0.200. The molecule has 0 saturated carbocycles. The second kappa shape index (κ2) is 5.11. The van der Waals surface area contributed by atoms with Gasteiger partial charge in [-0.25, -0.2) is 4.39 Å².